The molecule has 0 atom stereocenters. The molecule has 1 saturated heterocycles. The van der Waals surface area contributed by atoms with E-state index >= 15 is 0 Å². The van der Waals surface area contributed by atoms with Gasteiger partial charge in [-0.2, -0.15) is 0 Å². The molecule has 0 N–H and O–H groups in total. The van der Waals surface area contributed by atoms with Gasteiger partial charge in [0.05, 0.1) is 19.8 Å². The van der Waals surface area contributed by atoms with Gasteiger partial charge in [-0.15, -0.1) is 0 Å². The van der Waals surface area contributed by atoms with E-state index in [9.17, 15) is 0 Å². The van der Waals surface area contributed by atoms with Crippen LogP contribution in [0.1, 0.15) is 96.3 Å². The molecule has 0 bridgehead atoms. The van der Waals surface area contributed by atoms with Crippen LogP contribution in [0.15, 0.2) is 24.3 Å². The van der Waals surface area contributed by atoms with E-state index in [4.69, 9.17) is 14.2 Å². The van der Waals surface area contributed by atoms with Crippen LogP contribution in [0.3, 0.4) is 0 Å². The second kappa shape index (κ2) is 12.6. The molecule has 1 aliphatic heterocycles. The summed E-state index contributed by atoms with van der Waals surface area (Å²) < 4.78 is 17.9. The Balaban J connectivity index is 1.30. The monoisotopic (exact) mass is 402 g/mol. The molecule has 2 aliphatic rings. The highest BCUT2D eigenvalue weighted by Crippen LogP contribution is 2.34. The van der Waals surface area contributed by atoms with E-state index in [-0.39, 0.29) is 6.29 Å². The molecular formula is C26H42O3. The molecule has 0 spiro atoms. The van der Waals surface area contributed by atoms with E-state index in [0.29, 0.717) is 5.92 Å². The van der Waals surface area contributed by atoms with E-state index < -0.39 is 0 Å². The Morgan fingerprint density at radius 3 is 2.00 bits per heavy atom. The summed E-state index contributed by atoms with van der Waals surface area (Å²) in [5, 5.41) is 0. The normalized spacial score (nSPS) is 27.7. The Morgan fingerprint density at radius 1 is 0.759 bits per heavy atom. The van der Waals surface area contributed by atoms with Crippen molar-refractivity contribution in [2.75, 3.05) is 19.8 Å². The van der Waals surface area contributed by atoms with Crippen LogP contribution in [0.2, 0.25) is 0 Å². The lowest BCUT2D eigenvalue weighted by molar-refractivity contribution is -0.206. The van der Waals surface area contributed by atoms with Crippen LogP contribution >= 0.6 is 0 Å². The van der Waals surface area contributed by atoms with Crippen molar-refractivity contribution in [1.29, 1.82) is 0 Å². The molecule has 1 aliphatic carbocycles. The SMILES string of the molecule is CCCC[C@H]1CO[C@H](c2ccc(OCCC[C@H]3CC[C@H](CCC)CC3)cc2)OC1. The average molecular weight is 403 g/mol. The van der Waals surface area contributed by atoms with Crippen molar-refractivity contribution in [3.63, 3.8) is 0 Å². The standard InChI is InChI=1S/C26H42O3/c1-3-5-8-23-19-28-26(29-20-23)24-14-16-25(17-15-24)27-18-6-9-22-12-10-21(7-4-2)11-13-22/h14-17,21-23,26H,3-13,18-20H2,1-2H3/t21-,22-,23-,26-. The van der Waals surface area contributed by atoms with Gasteiger partial charge in [0.15, 0.2) is 6.29 Å². The van der Waals surface area contributed by atoms with Crippen molar-refractivity contribution in [3.05, 3.63) is 29.8 Å². The van der Waals surface area contributed by atoms with Crippen molar-refractivity contribution < 1.29 is 14.2 Å². The maximum Gasteiger partial charge on any atom is 0.183 e. The minimum absolute atomic E-state index is 0.218. The Hall–Kier alpha value is -1.06. The van der Waals surface area contributed by atoms with Gasteiger partial charge in [0.1, 0.15) is 5.75 Å². The number of unbranched alkanes of at least 4 members (excludes halogenated alkanes) is 1. The first-order valence-corrected chi connectivity index (χ1v) is 12.2. The maximum absolute atomic E-state index is 5.98. The van der Waals surface area contributed by atoms with Gasteiger partial charge >= 0.3 is 0 Å². The third kappa shape index (κ3) is 7.61. The zero-order chi connectivity index (χ0) is 20.3. The van der Waals surface area contributed by atoms with E-state index in [2.05, 4.69) is 38.1 Å². The molecule has 3 nitrogen and oxygen atoms in total. The van der Waals surface area contributed by atoms with Crippen LogP contribution in [0, 0.1) is 17.8 Å². The first kappa shape index (κ1) is 22.6. The van der Waals surface area contributed by atoms with Crippen LogP contribution < -0.4 is 4.74 Å². The van der Waals surface area contributed by atoms with E-state index in [1.54, 1.807) is 0 Å². The molecule has 1 aromatic carbocycles. The van der Waals surface area contributed by atoms with Gasteiger partial charge in [-0.3, -0.25) is 0 Å². The molecule has 3 heteroatoms. The minimum Gasteiger partial charge on any atom is -0.494 e. The zero-order valence-corrected chi connectivity index (χ0v) is 18.7. The minimum atomic E-state index is -0.218. The van der Waals surface area contributed by atoms with Crippen LogP contribution in [0.25, 0.3) is 0 Å². The third-order valence-corrected chi connectivity index (χ3v) is 6.77. The predicted octanol–water partition coefficient (Wildman–Crippen LogP) is 7.30. The van der Waals surface area contributed by atoms with Crippen LogP contribution in [-0.4, -0.2) is 19.8 Å². The highest BCUT2D eigenvalue weighted by atomic mass is 16.7. The van der Waals surface area contributed by atoms with Crippen molar-refractivity contribution >= 4 is 0 Å². The molecule has 1 saturated carbocycles. The number of benzene rings is 1. The quantitative estimate of drug-likeness (QED) is 0.363. The summed E-state index contributed by atoms with van der Waals surface area (Å²) in [5.41, 5.74) is 1.09. The van der Waals surface area contributed by atoms with Gasteiger partial charge in [-0.25, -0.2) is 0 Å². The van der Waals surface area contributed by atoms with Gasteiger partial charge < -0.3 is 14.2 Å². The number of hydrogen-bond donors (Lipinski definition) is 0. The fraction of sp³-hybridized carbons (Fsp3) is 0.769. The Kier molecular flexibility index (Phi) is 9.82. The number of ether oxygens (including phenoxy) is 3. The van der Waals surface area contributed by atoms with Crippen LogP contribution in [0.5, 0.6) is 5.75 Å². The molecule has 1 aromatic rings. The fourth-order valence-corrected chi connectivity index (χ4v) is 4.90. The Morgan fingerprint density at radius 2 is 1.38 bits per heavy atom. The summed E-state index contributed by atoms with van der Waals surface area (Å²) >= 11 is 0. The van der Waals surface area contributed by atoms with Crippen molar-refractivity contribution in [3.8, 4) is 5.75 Å². The lowest BCUT2D eigenvalue weighted by atomic mass is 9.78. The van der Waals surface area contributed by atoms with Crippen molar-refractivity contribution in [2.45, 2.75) is 90.8 Å². The predicted molar refractivity (Wildman–Crippen MR) is 119 cm³/mol. The molecule has 0 aromatic heterocycles. The Labute approximate surface area is 178 Å². The average Bonchev–Trinajstić information content (AvgIpc) is 2.77. The van der Waals surface area contributed by atoms with Gasteiger partial charge in [-0.1, -0.05) is 77.3 Å². The molecule has 0 radical (unpaired) electrons. The smallest absolute Gasteiger partial charge is 0.183 e. The number of rotatable bonds is 11. The first-order chi connectivity index (χ1) is 14.3. The van der Waals surface area contributed by atoms with Gasteiger partial charge in [0.25, 0.3) is 0 Å². The lowest BCUT2D eigenvalue weighted by Gasteiger charge is -2.29. The summed E-state index contributed by atoms with van der Waals surface area (Å²) in [4.78, 5) is 0. The van der Waals surface area contributed by atoms with Gasteiger partial charge in [-0.05, 0) is 43.2 Å². The third-order valence-electron chi connectivity index (χ3n) is 6.77. The maximum atomic E-state index is 5.98. The summed E-state index contributed by atoms with van der Waals surface area (Å²) in [6.07, 6.45) is 14.5. The largest absolute Gasteiger partial charge is 0.494 e. The molecule has 0 unspecified atom stereocenters. The van der Waals surface area contributed by atoms with Crippen molar-refractivity contribution in [2.24, 2.45) is 17.8 Å². The molecule has 3 rings (SSSR count). The second-order valence-electron chi connectivity index (χ2n) is 9.24. The van der Waals surface area contributed by atoms with Crippen LogP contribution in [0.4, 0.5) is 0 Å². The summed E-state index contributed by atoms with van der Waals surface area (Å²) in [5.74, 6) is 3.44. The zero-order valence-electron chi connectivity index (χ0n) is 18.7. The second-order valence-corrected chi connectivity index (χ2v) is 9.24. The molecular weight excluding hydrogens is 360 g/mol. The Bertz CT molecular complexity index is 540. The first-order valence-electron chi connectivity index (χ1n) is 12.2. The fourth-order valence-electron chi connectivity index (χ4n) is 4.90. The number of hydrogen-bond acceptors (Lipinski definition) is 3. The molecule has 1 heterocycles. The van der Waals surface area contributed by atoms with E-state index in [1.165, 1.54) is 70.6 Å². The lowest BCUT2D eigenvalue weighted by Crippen LogP contribution is -2.27. The highest BCUT2D eigenvalue weighted by molar-refractivity contribution is 5.28. The van der Waals surface area contributed by atoms with E-state index in [1.807, 2.05) is 0 Å². The molecule has 164 valence electrons. The molecule has 29 heavy (non-hydrogen) atoms. The molecule has 0 amide bonds. The van der Waals surface area contributed by atoms with Gasteiger partial charge in [0, 0.05) is 11.5 Å². The molecule has 2 fully saturated rings. The highest BCUT2D eigenvalue weighted by Gasteiger charge is 2.23. The summed E-state index contributed by atoms with van der Waals surface area (Å²) in [7, 11) is 0. The van der Waals surface area contributed by atoms with Gasteiger partial charge in [0.2, 0.25) is 0 Å². The van der Waals surface area contributed by atoms with Crippen molar-refractivity contribution in [1.82, 2.24) is 0 Å². The van der Waals surface area contributed by atoms with Crippen LogP contribution in [-0.2, 0) is 9.47 Å². The summed E-state index contributed by atoms with van der Waals surface area (Å²) in [6.45, 7) is 6.99. The van der Waals surface area contributed by atoms with E-state index in [0.717, 1.165) is 43.0 Å². The summed E-state index contributed by atoms with van der Waals surface area (Å²) in [6, 6.07) is 8.28. The topological polar surface area (TPSA) is 27.7 Å².